The van der Waals surface area contributed by atoms with Crippen LogP contribution in [0, 0.1) is 0 Å². The Morgan fingerprint density at radius 1 is 1.62 bits per heavy atom. The molecule has 6 heteroatoms. The van der Waals surface area contributed by atoms with Crippen LogP contribution in [0.25, 0.3) is 0 Å². The van der Waals surface area contributed by atoms with Gasteiger partial charge in [0.2, 0.25) is 0 Å². The molecule has 0 amide bonds. The minimum atomic E-state index is -0.723. The fourth-order valence-electron chi connectivity index (χ4n) is 1.43. The maximum atomic E-state index is 9.85. The number of β-amino-alcohol motifs (C(OH)–C–C–N with tert-alkyl or cyclic N) is 1. The Morgan fingerprint density at radius 2 is 2.23 bits per heavy atom. The number of aliphatic hydroxyl groups is 1. The van der Waals surface area contributed by atoms with E-state index in [2.05, 4.69) is 9.89 Å². The highest BCUT2D eigenvalue weighted by molar-refractivity contribution is 14.0. The average Bonchev–Trinajstić information content (AvgIpc) is 2.29. The van der Waals surface area contributed by atoms with E-state index in [9.17, 15) is 5.11 Å². The summed E-state index contributed by atoms with van der Waals surface area (Å²) in [4.78, 5) is 5.87. The van der Waals surface area contributed by atoms with Crippen LogP contribution in [-0.4, -0.2) is 48.2 Å². The predicted octanol–water partition coefficient (Wildman–Crippen LogP) is -1.06. The molecule has 5 nitrogen and oxygen atoms in total. The molecule has 1 heterocycles. The number of nitrogens with two attached hydrogens (primary N) is 2. The fraction of sp³-hybridized carbons (Fsp3) is 0.857. The number of rotatable bonds is 2. The maximum Gasteiger partial charge on any atom is 0.186 e. The quantitative estimate of drug-likeness (QED) is 0.345. The summed E-state index contributed by atoms with van der Waals surface area (Å²) in [6, 6.07) is 0. The van der Waals surface area contributed by atoms with Crippen LogP contribution in [0.2, 0.25) is 0 Å². The Morgan fingerprint density at radius 3 is 2.62 bits per heavy atom. The lowest BCUT2D eigenvalue weighted by molar-refractivity contribution is 0.0614. The summed E-state index contributed by atoms with van der Waals surface area (Å²) in [5, 5.41) is 9.85. The van der Waals surface area contributed by atoms with Crippen molar-refractivity contribution in [2.45, 2.75) is 12.0 Å². The van der Waals surface area contributed by atoms with Crippen molar-refractivity contribution in [1.82, 2.24) is 4.90 Å². The van der Waals surface area contributed by atoms with Crippen molar-refractivity contribution >= 4 is 29.9 Å². The topological polar surface area (TPSA) is 87.9 Å². The third-order valence-corrected chi connectivity index (χ3v) is 2.08. The second-order valence-electron chi connectivity index (χ2n) is 3.45. The van der Waals surface area contributed by atoms with Crippen LogP contribution >= 0.6 is 24.0 Å². The highest BCUT2D eigenvalue weighted by Crippen LogP contribution is 2.19. The molecule has 0 spiro atoms. The Bertz CT molecular complexity index is 195. The van der Waals surface area contributed by atoms with Crippen LogP contribution in [0.3, 0.4) is 0 Å². The number of hydrogen-bond donors (Lipinski definition) is 3. The zero-order chi connectivity index (χ0) is 9.19. The monoisotopic (exact) mass is 300 g/mol. The Balaban J connectivity index is 0.00000144. The Labute approximate surface area is 95.2 Å². The molecule has 1 atom stereocenters. The van der Waals surface area contributed by atoms with Gasteiger partial charge in [0, 0.05) is 13.1 Å². The minimum absolute atomic E-state index is 0. The molecule has 0 bridgehead atoms. The largest absolute Gasteiger partial charge is 0.387 e. The van der Waals surface area contributed by atoms with Gasteiger partial charge in [-0.25, -0.2) is 0 Å². The summed E-state index contributed by atoms with van der Waals surface area (Å²) in [7, 11) is 1.97. The van der Waals surface area contributed by atoms with Crippen LogP contribution in [0.5, 0.6) is 0 Å². The zero-order valence-electron chi connectivity index (χ0n) is 7.73. The predicted molar refractivity (Wildman–Crippen MR) is 63.2 cm³/mol. The van der Waals surface area contributed by atoms with Crippen molar-refractivity contribution in [3.8, 4) is 0 Å². The van der Waals surface area contributed by atoms with Crippen molar-refractivity contribution in [3.05, 3.63) is 0 Å². The van der Waals surface area contributed by atoms with Gasteiger partial charge < -0.3 is 21.5 Å². The molecule has 1 aliphatic rings. The lowest BCUT2D eigenvalue weighted by Crippen LogP contribution is -2.37. The highest BCUT2D eigenvalue weighted by Gasteiger charge is 2.33. The molecule has 0 saturated carbocycles. The molecule has 1 fully saturated rings. The summed E-state index contributed by atoms with van der Waals surface area (Å²) >= 11 is 0. The van der Waals surface area contributed by atoms with Crippen LogP contribution < -0.4 is 11.5 Å². The van der Waals surface area contributed by atoms with Crippen molar-refractivity contribution in [2.24, 2.45) is 16.5 Å². The molecule has 78 valence electrons. The first kappa shape index (κ1) is 12.9. The molecular weight excluding hydrogens is 283 g/mol. The van der Waals surface area contributed by atoms with Crippen molar-refractivity contribution < 1.29 is 5.11 Å². The molecule has 5 N–H and O–H groups in total. The van der Waals surface area contributed by atoms with Crippen molar-refractivity contribution in [2.75, 3.05) is 26.7 Å². The van der Waals surface area contributed by atoms with E-state index in [4.69, 9.17) is 11.5 Å². The molecule has 13 heavy (non-hydrogen) atoms. The van der Waals surface area contributed by atoms with E-state index in [0.29, 0.717) is 13.1 Å². The molecule has 0 aromatic carbocycles. The van der Waals surface area contributed by atoms with Gasteiger partial charge in [-0.2, -0.15) is 0 Å². The third kappa shape index (κ3) is 4.10. The Kier molecular flexibility index (Phi) is 4.93. The number of likely N-dealkylation sites (N-methyl/N-ethyl adjacent to an activating group) is 1. The van der Waals surface area contributed by atoms with E-state index in [0.717, 1.165) is 13.0 Å². The maximum absolute atomic E-state index is 9.85. The van der Waals surface area contributed by atoms with Gasteiger partial charge in [-0.3, -0.25) is 4.99 Å². The van der Waals surface area contributed by atoms with E-state index in [1.54, 1.807) is 0 Å². The molecule has 1 rings (SSSR count). The summed E-state index contributed by atoms with van der Waals surface area (Å²) in [6.07, 6.45) is 0.736. The average molecular weight is 300 g/mol. The van der Waals surface area contributed by atoms with Crippen molar-refractivity contribution in [3.63, 3.8) is 0 Å². The molecule has 0 aromatic heterocycles. The Hall–Kier alpha value is -0.0800. The molecule has 1 aliphatic heterocycles. The summed E-state index contributed by atoms with van der Waals surface area (Å²) in [6.45, 7) is 1.85. The zero-order valence-corrected chi connectivity index (χ0v) is 10.1. The van der Waals surface area contributed by atoms with Gasteiger partial charge in [0.1, 0.15) is 0 Å². The van der Waals surface area contributed by atoms with E-state index in [1.165, 1.54) is 0 Å². The van der Waals surface area contributed by atoms with Gasteiger partial charge >= 0.3 is 0 Å². The smallest absolute Gasteiger partial charge is 0.186 e. The third-order valence-electron chi connectivity index (χ3n) is 2.08. The van der Waals surface area contributed by atoms with Crippen LogP contribution in [0.1, 0.15) is 6.42 Å². The second-order valence-corrected chi connectivity index (χ2v) is 3.45. The standard InChI is InChI=1S/C7H16N4O.HI/c1-11-3-2-7(12,5-11)4-10-6(8)9;/h12H,2-5H2,1H3,(H4,8,9,10);1H. The number of guanidine groups is 1. The summed E-state index contributed by atoms with van der Waals surface area (Å²) in [5.41, 5.74) is 9.61. The number of hydrogen-bond acceptors (Lipinski definition) is 3. The number of halogens is 1. The lowest BCUT2D eigenvalue weighted by atomic mass is 10.0. The second kappa shape index (κ2) is 4.97. The van der Waals surface area contributed by atoms with Gasteiger partial charge in [0.25, 0.3) is 0 Å². The van der Waals surface area contributed by atoms with Gasteiger partial charge in [-0.1, -0.05) is 0 Å². The van der Waals surface area contributed by atoms with Crippen LogP contribution in [0.4, 0.5) is 0 Å². The molecule has 0 aliphatic carbocycles. The first-order valence-electron chi connectivity index (χ1n) is 3.98. The molecule has 1 unspecified atom stereocenters. The fourth-order valence-corrected chi connectivity index (χ4v) is 1.43. The number of aliphatic imine (C=N–C) groups is 1. The molecular formula is C7H17IN4O. The first-order valence-corrected chi connectivity index (χ1v) is 3.98. The minimum Gasteiger partial charge on any atom is -0.387 e. The van der Waals surface area contributed by atoms with E-state index in [-0.39, 0.29) is 29.9 Å². The van der Waals surface area contributed by atoms with Gasteiger partial charge in [-0.05, 0) is 13.5 Å². The van der Waals surface area contributed by atoms with Crippen LogP contribution in [-0.2, 0) is 0 Å². The number of nitrogens with zero attached hydrogens (tertiary/aromatic N) is 2. The lowest BCUT2D eigenvalue weighted by Gasteiger charge is -2.19. The highest BCUT2D eigenvalue weighted by atomic mass is 127. The first-order chi connectivity index (χ1) is 5.52. The van der Waals surface area contributed by atoms with Crippen LogP contribution in [0.15, 0.2) is 4.99 Å². The van der Waals surface area contributed by atoms with Gasteiger partial charge in [-0.15, -0.1) is 24.0 Å². The summed E-state index contributed by atoms with van der Waals surface area (Å²) < 4.78 is 0. The normalized spacial score (nSPS) is 28.2. The molecule has 1 saturated heterocycles. The van der Waals surface area contributed by atoms with E-state index < -0.39 is 5.60 Å². The van der Waals surface area contributed by atoms with Gasteiger partial charge in [0.15, 0.2) is 5.96 Å². The SMILES string of the molecule is CN1CCC(O)(CN=C(N)N)C1.I. The van der Waals surface area contributed by atoms with Crippen molar-refractivity contribution in [1.29, 1.82) is 0 Å². The van der Waals surface area contributed by atoms with Gasteiger partial charge in [0.05, 0.1) is 12.1 Å². The molecule has 0 aromatic rings. The number of likely N-dealkylation sites (tertiary alicyclic amines) is 1. The summed E-state index contributed by atoms with van der Waals surface area (Å²) in [5.74, 6) is 0.0398. The van der Waals surface area contributed by atoms with E-state index >= 15 is 0 Å². The molecule has 0 radical (unpaired) electrons. The van der Waals surface area contributed by atoms with E-state index in [1.807, 2.05) is 7.05 Å².